The number of hydrogen-bond acceptors (Lipinski definition) is 6. The van der Waals surface area contributed by atoms with Crippen molar-refractivity contribution < 1.29 is 8.42 Å². The Morgan fingerprint density at radius 2 is 2.36 bits per heavy atom. The number of sulfone groups is 1. The Hall–Kier alpha value is -0.760. The fraction of sp³-hybridized carbons (Fsp3) is 0.667. The highest BCUT2D eigenvalue weighted by atomic mass is 32.2. The van der Waals surface area contributed by atoms with Crippen molar-refractivity contribution in [1.82, 2.24) is 15.2 Å². The maximum Gasteiger partial charge on any atom is 0.216 e. The van der Waals surface area contributed by atoms with Gasteiger partial charge in [-0.25, -0.2) is 13.5 Å². The molecule has 1 saturated heterocycles. The Labute approximate surface area is 85.6 Å². The molecule has 0 aliphatic carbocycles. The molecule has 6 nitrogen and oxygen atoms in total. The van der Waals surface area contributed by atoms with Gasteiger partial charge in [0.25, 0.3) is 0 Å². The van der Waals surface area contributed by atoms with Crippen LogP contribution in [0.3, 0.4) is 0 Å². The summed E-state index contributed by atoms with van der Waals surface area (Å²) in [5, 5.41) is 6.93. The third kappa shape index (κ3) is 2.18. The molecule has 1 fully saturated rings. The van der Waals surface area contributed by atoms with E-state index in [0.717, 1.165) is 0 Å². The van der Waals surface area contributed by atoms with E-state index in [0.29, 0.717) is 11.6 Å². The van der Waals surface area contributed by atoms with Crippen LogP contribution >= 0.6 is 11.8 Å². The van der Waals surface area contributed by atoms with E-state index >= 15 is 0 Å². The highest BCUT2D eigenvalue weighted by Crippen LogP contribution is 2.28. The van der Waals surface area contributed by atoms with Crippen molar-refractivity contribution in [2.75, 3.05) is 17.2 Å². The molecule has 0 spiro atoms. The van der Waals surface area contributed by atoms with Gasteiger partial charge in [-0.1, -0.05) is 11.8 Å². The molecule has 0 bridgehead atoms. The Bertz CT molecular complexity index is 427. The maximum atomic E-state index is 11.1. The van der Waals surface area contributed by atoms with E-state index in [2.05, 4.69) is 15.2 Å². The number of aromatic nitrogens is 3. The van der Waals surface area contributed by atoms with Crippen LogP contribution in [0.2, 0.25) is 0 Å². The highest BCUT2D eigenvalue weighted by molar-refractivity contribution is 8.01. The van der Waals surface area contributed by atoms with Gasteiger partial charge in [0, 0.05) is 5.25 Å². The molecule has 1 atom stereocenters. The summed E-state index contributed by atoms with van der Waals surface area (Å²) in [5.74, 6) is 0.741. The zero-order valence-corrected chi connectivity index (χ0v) is 8.94. The molecule has 1 aliphatic rings. The van der Waals surface area contributed by atoms with Crippen LogP contribution in [0.4, 0.5) is 5.95 Å². The number of nitrogen functional groups attached to an aromatic ring is 1. The number of thioether (sulfide) groups is 1. The molecule has 0 saturated carbocycles. The smallest absolute Gasteiger partial charge is 0.216 e. The molecule has 1 unspecified atom stereocenters. The summed E-state index contributed by atoms with van der Waals surface area (Å²) in [6.45, 7) is 0. The van der Waals surface area contributed by atoms with Crippen molar-refractivity contribution in [2.24, 2.45) is 0 Å². The molecule has 8 heteroatoms. The van der Waals surface area contributed by atoms with Crippen molar-refractivity contribution in [3.05, 3.63) is 0 Å². The summed E-state index contributed by atoms with van der Waals surface area (Å²) < 4.78 is 22.3. The first-order chi connectivity index (χ1) is 6.55. The Morgan fingerprint density at radius 1 is 1.57 bits per heavy atom. The fourth-order valence-electron chi connectivity index (χ4n) is 1.31. The normalized spacial score (nSPS) is 25.3. The van der Waals surface area contributed by atoms with Crippen molar-refractivity contribution in [3.8, 4) is 0 Å². The third-order valence-electron chi connectivity index (χ3n) is 1.94. The molecule has 0 radical (unpaired) electrons. The van der Waals surface area contributed by atoms with Crippen molar-refractivity contribution in [2.45, 2.75) is 16.8 Å². The second-order valence-electron chi connectivity index (χ2n) is 3.15. The molecule has 1 aromatic heterocycles. The first kappa shape index (κ1) is 9.78. The van der Waals surface area contributed by atoms with E-state index in [1.807, 2.05) is 0 Å². The lowest BCUT2D eigenvalue weighted by Crippen LogP contribution is -2.06. The van der Waals surface area contributed by atoms with Crippen LogP contribution in [-0.4, -0.2) is 40.4 Å². The largest absolute Gasteiger partial charge is 0.368 e. The van der Waals surface area contributed by atoms with E-state index in [1.54, 1.807) is 0 Å². The predicted molar refractivity (Wildman–Crippen MR) is 53.7 cm³/mol. The molecule has 1 aromatic rings. The Morgan fingerprint density at radius 3 is 2.86 bits per heavy atom. The summed E-state index contributed by atoms with van der Waals surface area (Å²) in [6.07, 6.45) is 0.668. The van der Waals surface area contributed by atoms with Gasteiger partial charge < -0.3 is 5.73 Å². The lowest BCUT2D eigenvalue weighted by molar-refractivity contribution is 0.602. The van der Waals surface area contributed by atoms with Gasteiger partial charge in [0.15, 0.2) is 9.84 Å². The topological polar surface area (TPSA) is 102 Å². The van der Waals surface area contributed by atoms with Crippen LogP contribution in [0.1, 0.15) is 6.42 Å². The van der Waals surface area contributed by atoms with Crippen LogP contribution < -0.4 is 5.73 Å². The lowest BCUT2D eigenvalue weighted by atomic mass is 10.4. The number of nitrogens with two attached hydrogens (primary N) is 1. The van der Waals surface area contributed by atoms with Gasteiger partial charge in [-0.05, 0) is 6.42 Å². The Balaban J connectivity index is 2.00. The average molecular weight is 234 g/mol. The van der Waals surface area contributed by atoms with Crippen LogP contribution in [-0.2, 0) is 9.84 Å². The fourth-order valence-corrected chi connectivity index (χ4v) is 4.68. The third-order valence-corrected chi connectivity index (χ3v) is 5.05. The Kier molecular flexibility index (Phi) is 2.40. The van der Waals surface area contributed by atoms with Crippen LogP contribution in [0.25, 0.3) is 0 Å². The van der Waals surface area contributed by atoms with E-state index < -0.39 is 9.84 Å². The van der Waals surface area contributed by atoms with Crippen molar-refractivity contribution >= 4 is 27.5 Å². The minimum Gasteiger partial charge on any atom is -0.368 e. The molecule has 0 aromatic carbocycles. The quantitative estimate of drug-likeness (QED) is 0.726. The van der Waals surface area contributed by atoms with Gasteiger partial charge in [0.1, 0.15) is 0 Å². The molecule has 3 N–H and O–H groups in total. The zero-order valence-electron chi connectivity index (χ0n) is 7.30. The van der Waals surface area contributed by atoms with Gasteiger partial charge in [0.2, 0.25) is 11.1 Å². The monoisotopic (exact) mass is 234 g/mol. The first-order valence-electron chi connectivity index (χ1n) is 4.10. The van der Waals surface area contributed by atoms with E-state index in [1.165, 1.54) is 11.8 Å². The molecule has 2 rings (SSSR count). The summed E-state index contributed by atoms with van der Waals surface area (Å²) in [7, 11) is -2.83. The predicted octanol–water partition coefficient (Wildman–Crippen LogP) is -0.334. The molecule has 0 amide bonds. The van der Waals surface area contributed by atoms with Gasteiger partial charge in [-0.15, -0.1) is 5.10 Å². The second kappa shape index (κ2) is 3.43. The van der Waals surface area contributed by atoms with Gasteiger partial charge >= 0.3 is 0 Å². The molecular formula is C6H10N4O2S2. The van der Waals surface area contributed by atoms with Crippen molar-refractivity contribution in [3.63, 3.8) is 0 Å². The first-order valence-corrected chi connectivity index (χ1v) is 6.80. The molecule has 2 heterocycles. The number of anilines is 1. The van der Waals surface area contributed by atoms with Crippen LogP contribution in [0.5, 0.6) is 0 Å². The number of nitrogens with zero attached hydrogens (tertiary/aromatic N) is 2. The minimum absolute atomic E-state index is 0.0650. The number of rotatable bonds is 2. The molecule has 1 aliphatic heterocycles. The average Bonchev–Trinajstić information content (AvgIpc) is 2.59. The lowest BCUT2D eigenvalue weighted by Gasteiger charge is -2.01. The summed E-state index contributed by atoms with van der Waals surface area (Å²) in [4.78, 5) is 3.90. The molecular weight excluding hydrogens is 224 g/mol. The van der Waals surface area contributed by atoms with E-state index in [9.17, 15) is 8.42 Å². The zero-order chi connectivity index (χ0) is 10.2. The molecule has 78 valence electrons. The van der Waals surface area contributed by atoms with Gasteiger partial charge in [-0.2, -0.15) is 4.98 Å². The minimum atomic E-state index is -2.83. The summed E-state index contributed by atoms with van der Waals surface area (Å²) in [6, 6.07) is 0. The number of hydrogen-bond donors (Lipinski definition) is 2. The number of nitrogens with one attached hydrogen (secondary N) is 1. The standard InChI is InChI=1S/C6H10N4O2S2/c7-5-8-6(10-9-5)13-4-1-2-14(11,12)3-4/h4H,1-3H2,(H3,7,8,9,10). The number of aromatic amines is 1. The van der Waals surface area contributed by atoms with E-state index in [-0.39, 0.29) is 22.7 Å². The van der Waals surface area contributed by atoms with E-state index in [4.69, 9.17) is 5.73 Å². The SMILES string of the molecule is Nc1nc(SC2CCS(=O)(=O)C2)n[nH]1. The maximum absolute atomic E-state index is 11.1. The second-order valence-corrected chi connectivity index (χ2v) is 6.64. The molecule has 14 heavy (non-hydrogen) atoms. The van der Waals surface area contributed by atoms with Gasteiger partial charge in [0.05, 0.1) is 11.5 Å². The van der Waals surface area contributed by atoms with Crippen molar-refractivity contribution in [1.29, 1.82) is 0 Å². The van der Waals surface area contributed by atoms with Gasteiger partial charge in [-0.3, -0.25) is 0 Å². The summed E-state index contributed by atoms with van der Waals surface area (Å²) >= 11 is 1.36. The highest BCUT2D eigenvalue weighted by Gasteiger charge is 2.29. The van der Waals surface area contributed by atoms with Crippen LogP contribution in [0.15, 0.2) is 5.16 Å². The summed E-state index contributed by atoms with van der Waals surface area (Å²) in [5.41, 5.74) is 5.35. The number of H-pyrrole nitrogens is 1. The van der Waals surface area contributed by atoms with Crippen LogP contribution in [0, 0.1) is 0 Å².